The van der Waals surface area contributed by atoms with E-state index in [0.717, 1.165) is 0 Å². The van der Waals surface area contributed by atoms with Crippen molar-refractivity contribution in [3.8, 4) is 17.3 Å². The number of hydrogen-bond donors (Lipinski definition) is 0. The molecular weight excluding hydrogens is 338 g/mol. The molecule has 128 valence electrons. The van der Waals surface area contributed by atoms with Crippen LogP contribution in [0.2, 0.25) is 0 Å². The van der Waals surface area contributed by atoms with E-state index in [1.807, 2.05) is 12.1 Å². The lowest BCUT2D eigenvalue weighted by atomic mass is 10.0. The second kappa shape index (κ2) is 5.86. The van der Waals surface area contributed by atoms with Crippen LogP contribution >= 0.6 is 0 Å². The summed E-state index contributed by atoms with van der Waals surface area (Å²) in [6.07, 6.45) is 5.34. The Morgan fingerprint density at radius 2 is 2.04 bits per heavy atom. The first-order valence-electron chi connectivity index (χ1n) is 7.72. The van der Waals surface area contributed by atoms with E-state index in [4.69, 9.17) is 4.84 Å². The number of hydroxylamine groups is 2. The van der Waals surface area contributed by atoms with Crippen molar-refractivity contribution in [2.75, 3.05) is 0 Å². The summed E-state index contributed by atoms with van der Waals surface area (Å²) in [7, 11) is 0. The predicted octanol–water partition coefficient (Wildman–Crippen LogP) is 0.241. The number of amides is 2. The van der Waals surface area contributed by atoms with Crippen molar-refractivity contribution < 1.29 is 23.9 Å². The number of fused-ring (bicyclic) bond motifs is 1. The number of imide groups is 1. The van der Waals surface area contributed by atoms with Crippen LogP contribution in [0.5, 0.6) is 0 Å². The van der Waals surface area contributed by atoms with Gasteiger partial charge >= 0.3 is 5.97 Å². The Labute approximate surface area is 146 Å². The maximum absolute atomic E-state index is 12.2. The minimum Gasteiger partial charge on any atom is -0.325 e. The van der Waals surface area contributed by atoms with Gasteiger partial charge in [-0.25, -0.2) is 9.31 Å². The van der Waals surface area contributed by atoms with Gasteiger partial charge in [0, 0.05) is 30.2 Å². The molecule has 0 unspecified atom stereocenters. The molecule has 2 amide bonds. The van der Waals surface area contributed by atoms with Crippen LogP contribution in [0, 0.1) is 11.3 Å². The van der Waals surface area contributed by atoms with Crippen LogP contribution in [0.4, 0.5) is 0 Å². The van der Waals surface area contributed by atoms with Crippen LogP contribution in [-0.2, 0) is 14.4 Å². The Bertz CT molecular complexity index is 1060. The summed E-state index contributed by atoms with van der Waals surface area (Å²) in [6, 6.07) is 8.22. The molecule has 9 nitrogen and oxygen atoms in total. The average Bonchev–Trinajstić information content (AvgIpc) is 3.32. The van der Waals surface area contributed by atoms with Gasteiger partial charge in [-0.3, -0.25) is 9.59 Å². The molecule has 3 aromatic rings. The average molecular weight is 349 g/mol. The summed E-state index contributed by atoms with van der Waals surface area (Å²) in [4.78, 5) is 40.1. The first-order valence-corrected chi connectivity index (χ1v) is 7.72. The van der Waals surface area contributed by atoms with Crippen LogP contribution in [0.25, 0.3) is 11.3 Å². The molecule has 0 spiro atoms. The summed E-state index contributed by atoms with van der Waals surface area (Å²) in [6.45, 7) is 0. The Balaban J connectivity index is 1.64. The van der Waals surface area contributed by atoms with E-state index in [0.29, 0.717) is 16.3 Å². The molecule has 0 aliphatic carbocycles. The maximum atomic E-state index is 12.2. The highest BCUT2D eigenvalue weighted by molar-refractivity contribution is 6.02. The van der Waals surface area contributed by atoms with Crippen molar-refractivity contribution in [1.82, 2.24) is 14.7 Å². The van der Waals surface area contributed by atoms with E-state index in [-0.39, 0.29) is 24.0 Å². The molecule has 1 aliphatic heterocycles. The third-order valence-corrected chi connectivity index (χ3v) is 3.99. The number of carbonyl (C=O) groups is 3. The van der Waals surface area contributed by atoms with Gasteiger partial charge in [0.1, 0.15) is 0 Å². The fraction of sp³-hybridized carbons (Fsp3) is 0.118. The monoisotopic (exact) mass is 349 g/mol. The summed E-state index contributed by atoms with van der Waals surface area (Å²) < 4.78 is 3.34. The molecule has 1 fully saturated rings. The maximum Gasteiger partial charge on any atom is 0.363 e. The lowest BCUT2D eigenvalue weighted by Crippen LogP contribution is -2.32. The van der Waals surface area contributed by atoms with E-state index in [1.165, 1.54) is 12.1 Å². The molecule has 4 rings (SSSR count). The lowest BCUT2D eigenvalue weighted by Gasteiger charge is -2.13. The molecule has 9 heteroatoms. The molecule has 0 N–H and O–H groups in total. The van der Waals surface area contributed by atoms with Crippen molar-refractivity contribution in [2.24, 2.45) is 0 Å². The second-order valence-corrected chi connectivity index (χ2v) is 5.64. The predicted molar refractivity (Wildman–Crippen MR) is 83.0 cm³/mol. The number of rotatable bonds is 3. The largest absolute Gasteiger partial charge is 0.363 e. The highest BCUT2D eigenvalue weighted by atomic mass is 16.7. The Morgan fingerprint density at radius 3 is 2.73 bits per heavy atom. The van der Waals surface area contributed by atoms with Gasteiger partial charge in [-0.2, -0.15) is 10.4 Å². The third-order valence-electron chi connectivity index (χ3n) is 3.99. The summed E-state index contributed by atoms with van der Waals surface area (Å²) in [5.41, 5.74) is 1.39. The fourth-order valence-electron chi connectivity index (χ4n) is 2.70. The fourth-order valence-corrected chi connectivity index (χ4v) is 2.70. The van der Waals surface area contributed by atoms with Crippen LogP contribution < -0.4 is 9.73 Å². The summed E-state index contributed by atoms with van der Waals surface area (Å²) >= 11 is 0. The van der Waals surface area contributed by atoms with Crippen molar-refractivity contribution in [3.63, 3.8) is 0 Å². The van der Waals surface area contributed by atoms with Gasteiger partial charge in [-0.05, 0) is 24.5 Å². The summed E-state index contributed by atoms with van der Waals surface area (Å²) in [5, 5.41) is 14.2. The SMILES string of the molecule is N#Cc1cc(C(=O)ON2C(=O)CCC2=O)ccc1-c1cn2ccc[n+]2[n-]1. The number of carbonyl (C=O) groups excluding carboxylic acids is 3. The van der Waals surface area contributed by atoms with E-state index in [2.05, 4.69) is 5.10 Å². The zero-order valence-corrected chi connectivity index (χ0v) is 13.3. The van der Waals surface area contributed by atoms with Crippen LogP contribution in [0.3, 0.4) is 0 Å². The zero-order valence-electron chi connectivity index (χ0n) is 13.3. The third kappa shape index (κ3) is 2.50. The highest BCUT2D eigenvalue weighted by Crippen LogP contribution is 2.22. The molecule has 2 aromatic heterocycles. The number of benzene rings is 1. The van der Waals surface area contributed by atoms with Crippen LogP contribution in [0.15, 0.2) is 42.9 Å². The molecule has 26 heavy (non-hydrogen) atoms. The first kappa shape index (κ1) is 15.6. The molecular formula is C17H11N5O4. The van der Waals surface area contributed by atoms with Crippen molar-refractivity contribution >= 4 is 17.8 Å². The quantitative estimate of drug-likeness (QED) is 0.495. The van der Waals surface area contributed by atoms with E-state index >= 15 is 0 Å². The minimum atomic E-state index is -0.880. The number of aromatic nitrogens is 3. The van der Waals surface area contributed by atoms with E-state index < -0.39 is 17.8 Å². The van der Waals surface area contributed by atoms with Crippen molar-refractivity contribution in [2.45, 2.75) is 12.8 Å². The Kier molecular flexibility index (Phi) is 3.51. The smallest absolute Gasteiger partial charge is 0.325 e. The van der Waals surface area contributed by atoms with E-state index in [9.17, 15) is 19.6 Å². The van der Waals surface area contributed by atoms with Gasteiger partial charge in [0.25, 0.3) is 11.8 Å². The van der Waals surface area contributed by atoms with E-state index in [1.54, 1.807) is 33.8 Å². The molecule has 0 radical (unpaired) electrons. The molecule has 3 heterocycles. The molecule has 0 saturated carbocycles. The van der Waals surface area contributed by atoms with Crippen molar-refractivity contribution in [3.05, 3.63) is 54.0 Å². The summed E-state index contributed by atoms with van der Waals surface area (Å²) in [5.74, 6) is -2.00. The topological polar surface area (TPSA) is 110 Å². The van der Waals surface area contributed by atoms with Gasteiger partial charge in [0.05, 0.1) is 17.2 Å². The Hall–Kier alpha value is -3.93. The van der Waals surface area contributed by atoms with Crippen molar-refractivity contribution in [1.29, 1.82) is 5.26 Å². The number of nitrogens with zero attached hydrogens (tertiary/aromatic N) is 5. The first-order chi connectivity index (χ1) is 12.6. The molecule has 1 aliphatic rings. The van der Waals surface area contributed by atoms with Gasteiger partial charge in [0.2, 0.25) is 0 Å². The van der Waals surface area contributed by atoms with Gasteiger partial charge < -0.3 is 4.84 Å². The van der Waals surface area contributed by atoms with Crippen LogP contribution in [-0.4, -0.2) is 27.4 Å². The standard InChI is InChI=1S/C17H11N5O4/c18-9-12-8-11(17(25)26-22-15(23)4-5-16(22)24)2-3-13(12)14-10-20-6-1-7-21(20)19-14/h1-3,6-8,10H,4-5H2. The molecule has 0 atom stereocenters. The van der Waals surface area contributed by atoms with Gasteiger partial charge in [0.15, 0.2) is 6.20 Å². The highest BCUT2D eigenvalue weighted by Gasteiger charge is 2.33. The number of nitriles is 1. The number of hydrogen-bond acceptors (Lipinski definition) is 5. The second-order valence-electron chi connectivity index (χ2n) is 5.64. The molecule has 1 aromatic carbocycles. The van der Waals surface area contributed by atoms with Crippen LogP contribution in [0.1, 0.15) is 28.8 Å². The molecule has 1 saturated heterocycles. The normalized spacial score (nSPS) is 14.0. The van der Waals surface area contributed by atoms with Gasteiger partial charge in [-0.1, -0.05) is 6.07 Å². The zero-order chi connectivity index (χ0) is 18.3. The minimum absolute atomic E-state index is 0.0165. The molecule has 0 bridgehead atoms. The van der Waals surface area contributed by atoms with Gasteiger partial charge in [-0.15, -0.1) is 9.69 Å². The Morgan fingerprint density at radius 1 is 1.27 bits per heavy atom. The lowest BCUT2D eigenvalue weighted by molar-refractivity contribution is -0.676.